The number of hydrogen-bond donors (Lipinski definition) is 0. The molecular formula is C34H24N2. The van der Waals surface area contributed by atoms with Gasteiger partial charge in [0.25, 0.3) is 0 Å². The van der Waals surface area contributed by atoms with Crippen LogP contribution in [0.2, 0.25) is 0 Å². The minimum atomic E-state index is -0.0601. The SMILES string of the molecule is CC1(C)c2cc3ccccc3cc2-c2cc3c(cc21)c1ccccc1n3-c1cccc2ccncc12. The molecule has 0 saturated carbocycles. The number of aromatic nitrogens is 2. The second-order valence-electron chi connectivity index (χ2n) is 10.5. The van der Waals surface area contributed by atoms with Crippen LogP contribution in [-0.2, 0) is 5.41 Å². The summed E-state index contributed by atoms with van der Waals surface area (Å²) in [5.74, 6) is 0. The van der Waals surface area contributed by atoms with Crippen molar-refractivity contribution in [1.82, 2.24) is 9.55 Å². The van der Waals surface area contributed by atoms with Crippen molar-refractivity contribution in [2.75, 3.05) is 0 Å². The second-order valence-corrected chi connectivity index (χ2v) is 10.5. The predicted octanol–water partition coefficient (Wildman–Crippen LogP) is 8.79. The summed E-state index contributed by atoms with van der Waals surface area (Å²) in [4.78, 5) is 4.47. The molecule has 2 aromatic heterocycles. The minimum absolute atomic E-state index is 0.0601. The fraction of sp³-hybridized carbons (Fsp3) is 0.0882. The van der Waals surface area contributed by atoms with Crippen LogP contribution in [0, 0.1) is 0 Å². The van der Waals surface area contributed by atoms with Gasteiger partial charge in [0.05, 0.1) is 16.7 Å². The molecule has 0 radical (unpaired) electrons. The van der Waals surface area contributed by atoms with Crippen molar-refractivity contribution in [1.29, 1.82) is 0 Å². The average molecular weight is 461 g/mol. The third-order valence-corrected chi connectivity index (χ3v) is 8.24. The number of para-hydroxylation sites is 1. The van der Waals surface area contributed by atoms with Gasteiger partial charge in [0.15, 0.2) is 0 Å². The zero-order valence-corrected chi connectivity index (χ0v) is 20.3. The Kier molecular flexibility index (Phi) is 3.76. The van der Waals surface area contributed by atoms with E-state index in [9.17, 15) is 0 Å². The van der Waals surface area contributed by atoms with E-state index in [0.29, 0.717) is 0 Å². The number of nitrogens with zero attached hydrogens (tertiary/aromatic N) is 2. The van der Waals surface area contributed by atoms with Crippen molar-refractivity contribution in [3.05, 3.63) is 121 Å². The lowest BCUT2D eigenvalue weighted by Crippen LogP contribution is -2.14. The summed E-state index contributed by atoms with van der Waals surface area (Å²) in [5.41, 5.74) is 9.09. The molecule has 170 valence electrons. The van der Waals surface area contributed by atoms with Gasteiger partial charge in [-0.1, -0.05) is 68.4 Å². The largest absolute Gasteiger partial charge is 0.309 e. The fourth-order valence-corrected chi connectivity index (χ4v) is 6.43. The lowest BCUT2D eigenvalue weighted by Gasteiger charge is -2.22. The van der Waals surface area contributed by atoms with E-state index in [-0.39, 0.29) is 5.41 Å². The molecule has 0 bridgehead atoms. The molecule has 0 saturated heterocycles. The molecule has 0 amide bonds. The minimum Gasteiger partial charge on any atom is -0.309 e. The third kappa shape index (κ3) is 2.48. The summed E-state index contributed by atoms with van der Waals surface area (Å²) in [6, 6.07) is 35.8. The highest BCUT2D eigenvalue weighted by Gasteiger charge is 2.36. The first-order valence-electron chi connectivity index (χ1n) is 12.6. The standard InChI is InChI=1S/C34H24N2/c1-34(2)29-17-23-9-4-3-8-22(23)16-25(29)26-19-33-27(18-30(26)34)24-11-5-6-12-31(24)36(33)32-13-7-10-21-14-15-35-20-28(21)32/h3-20H,1-2H3. The van der Waals surface area contributed by atoms with Crippen LogP contribution >= 0.6 is 0 Å². The molecule has 7 aromatic rings. The molecule has 8 rings (SSSR count). The van der Waals surface area contributed by atoms with E-state index in [2.05, 4.69) is 120 Å². The van der Waals surface area contributed by atoms with Gasteiger partial charge in [0.2, 0.25) is 0 Å². The average Bonchev–Trinajstić information content (AvgIpc) is 3.34. The van der Waals surface area contributed by atoms with Crippen molar-refractivity contribution >= 4 is 43.4 Å². The molecule has 0 spiro atoms. The highest BCUT2D eigenvalue weighted by Crippen LogP contribution is 2.52. The van der Waals surface area contributed by atoms with Gasteiger partial charge < -0.3 is 4.57 Å². The van der Waals surface area contributed by atoms with Crippen LogP contribution in [-0.4, -0.2) is 9.55 Å². The van der Waals surface area contributed by atoms with Crippen LogP contribution in [0.1, 0.15) is 25.0 Å². The van der Waals surface area contributed by atoms with Crippen LogP contribution in [0.4, 0.5) is 0 Å². The molecule has 0 fully saturated rings. The van der Waals surface area contributed by atoms with E-state index in [4.69, 9.17) is 0 Å². The molecule has 1 aliphatic carbocycles. The van der Waals surface area contributed by atoms with Crippen molar-refractivity contribution in [2.45, 2.75) is 19.3 Å². The maximum absolute atomic E-state index is 4.47. The Morgan fingerprint density at radius 1 is 0.583 bits per heavy atom. The van der Waals surface area contributed by atoms with Crippen molar-refractivity contribution in [3.8, 4) is 16.8 Å². The molecule has 2 heterocycles. The van der Waals surface area contributed by atoms with E-state index in [1.54, 1.807) is 0 Å². The molecule has 0 atom stereocenters. The molecule has 36 heavy (non-hydrogen) atoms. The molecular weight excluding hydrogens is 436 g/mol. The number of pyridine rings is 1. The van der Waals surface area contributed by atoms with Crippen molar-refractivity contribution in [3.63, 3.8) is 0 Å². The van der Waals surface area contributed by atoms with Gasteiger partial charge in [-0.3, -0.25) is 4.98 Å². The van der Waals surface area contributed by atoms with E-state index in [1.165, 1.54) is 65.9 Å². The van der Waals surface area contributed by atoms with Gasteiger partial charge in [-0.25, -0.2) is 0 Å². The Hall–Kier alpha value is -4.43. The quantitative estimate of drug-likeness (QED) is 0.239. The zero-order chi connectivity index (χ0) is 24.0. The van der Waals surface area contributed by atoms with E-state index >= 15 is 0 Å². The first-order valence-corrected chi connectivity index (χ1v) is 12.6. The summed E-state index contributed by atoms with van der Waals surface area (Å²) in [5, 5.41) is 7.55. The Labute approximate surface area is 209 Å². The molecule has 0 unspecified atom stereocenters. The highest BCUT2D eigenvalue weighted by atomic mass is 15.0. The summed E-state index contributed by atoms with van der Waals surface area (Å²) in [7, 11) is 0. The number of fused-ring (bicyclic) bond motifs is 8. The van der Waals surface area contributed by atoms with Crippen LogP contribution in [0.5, 0.6) is 0 Å². The summed E-state index contributed by atoms with van der Waals surface area (Å²) >= 11 is 0. The lowest BCUT2D eigenvalue weighted by atomic mass is 9.81. The maximum Gasteiger partial charge on any atom is 0.0556 e. The summed E-state index contributed by atoms with van der Waals surface area (Å²) < 4.78 is 2.43. The molecule has 1 aliphatic rings. The third-order valence-electron chi connectivity index (χ3n) is 8.24. The smallest absolute Gasteiger partial charge is 0.0556 e. The Balaban J connectivity index is 1.53. The van der Waals surface area contributed by atoms with Crippen LogP contribution < -0.4 is 0 Å². The van der Waals surface area contributed by atoms with Gasteiger partial charge in [-0.05, 0) is 80.9 Å². The molecule has 2 nitrogen and oxygen atoms in total. The molecule has 2 heteroatoms. The van der Waals surface area contributed by atoms with Gasteiger partial charge >= 0.3 is 0 Å². The van der Waals surface area contributed by atoms with E-state index < -0.39 is 0 Å². The Morgan fingerprint density at radius 2 is 1.31 bits per heavy atom. The van der Waals surface area contributed by atoms with Gasteiger partial charge in [0, 0.05) is 34.0 Å². The highest BCUT2D eigenvalue weighted by molar-refractivity contribution is 6.12. The van der Waals surface area contributed by atoms with Gasteiger partial charge in [-0.15, -0.1) is 0 Å². The summed E-state index contributed by atoms with van der Waals surface area (Å²) in [6.45, 7) is 4.74. The lowest BCUT2D eigenvalue weighted by molar-refractivity contribution is 0.662. The predicted molar refractivity (Wildman–Crippen MR) is 151 cm³/mol. The van der Waals surface area contributed by atoms with Crippen LogP contribution in [0.15, 0.2) is 109 Å². The van der Waals surface area contributed by atoms with Gasteiger partial charge in [-0.2, -0.15) is 0 Å². The number of rotatable bonds is 1. The first kappa shape index (κ1) is 19.8. The number of benzene rings is 5. The topological polar surface area (TPSA) is 17.8 Å². The monoisotopic (exact) mass is 460 g/mol. The Bertz CT molecular complexity index is 2020. The second kappa shape index (κ2) is 6.83. The molecule has 0 aliphatic heterocycles. The fourth-order valence-electron chi connectivity index (χ4n) is 6.43. The van der Waals surface area contributed by atoms with E-state index in [0.717, 1.165) is 5.39 Å². The van der Waals surface area contributed by atoms with E-state index in [1.807, 2.05) is 12.4 Å². The Morgan fingerprint density at radius 3 is 2.19 bits per heavy atom. The zero-order valence-electron chi connectivity index (χ0n) is 20.3. The van der Waals surface area contributed by atoms with Crippen molar-refractivity contribution in [2.24, 2.45) is 0 Å². The molecule has 0 N–H and O–H groups in total. The van der Waals surface area contributed by atoms with Crippen LogP contribution in [0.25, 0.3) is 60.2 Å². The van der Waals surface area contributed by atoms with Crippen LogP contribution in [0.3, 0.4) is 0 Å². The van der Waals surface area contributed by atoms with Gasteiger partial charge in [0.1, 0.15) is 0 Å². The number of hydrogen-bond acceptors (Lipinski definition) is 1. The van der Waals surface area contributed by atoms with Crippen molar-refractivity contribution < 1.29 is 0 Å². The molecule has 5 aromatic carbocycles. The first-order chi connectivity index (χ1) is 17.6. The normalized spacial score (nSPS) is 14.1. The maximum atomic E-state index is 4.47. The summed E-state index contributed by atoms with van der Waals surface area (Å²) in [6.07, 6.45) is 3.86.